The molecular formula is C13H14BrNO3. The van der Waals surface area contributed by atoms with Crippen molar-refractivity contribution in [3.05, 3.63) is 29.3 Å². The minimum absolute atomic E-state index is 0.0713. The van der Waals surface area contributed by atoms with Gasteiger partial charge in [-0.3, -0.25) is 4.79 Å². The second-order valence-corrected chi connectivity index (χ2v) is 5.54. The monoisotopic (exact) mass is 311 g/mol. The van der Waals surface area contributed by atoms with Crippen LogP contribution >= 0.6 is 15.9 Å². The number of hydrogen-bond donors (Lipinski definition) is 0. The van der Waals surface area contributed by atoms with E-state index in [-0.39, 0.29) is 16.7 Å². The first-order valence-corrected chi connectivity index (χ1v) is 6.58. The Bertz CT molecular complexity index is 501. The third-order valence-electron chi connectivity index (χ3n) is 3.08. The smallest absolute Gasteiger partial charge is 0.338 e. The number of rotatable bonds is 2. The van der Waals surface area contributed by atoms with Gasteiger partial charge in [0.1, 0.15) is 0 Å². The molecule has 1 aliphatic rings. The first kappa shape index (κ1) is 13.1. The van der Waals surface area contributed by atoms with Gasteiger partial charge in [-0.05, 0) is 24.6 Å². The maximum Gasteiger partial charge on any atom is 0.338 e. The van der Waals surface area contributed by atoms with Crippen molar-refractivity contribution in [2.45, 2.75) is 18.2 Å². The highest BCUT2D eigenvalue weighted by atomic mass is 79.9. The summed E-state index contributed by atoms with van der Waals surface area (Å²) in [7, 11) is 1.35. The molecule has 5 heteroatoms. The Labute approximate surface area is 114 Å². The summed E-state index contributed by atoms with van der Waals surface area (Å²) in [5.41, 5.74) is 2.06. The van der Waals surface area contributed by atoms with Crippen LogP contribution in [0.3, 0.4) is 0 Å². The first-order chi connectivity index (χ1) is 8.54. The SMILES string of the molecule is COC(=O)c1cccc(N2CC(Br)CC2=O)c1C. The lowest BCUT2D eigenvalue weighted by Crippen LogP contribution is -2.26. The summed E-state index contributed by atoms with van der Waals surface area (Å²) < 4.78 is 4.73. The summed E-state index contributed by atoms with van der Waals surface area (Å²) in [6, 6.07) is 5.32. The van der Waals surface area contributed by atoms with E-state index in [2.05, 4.69) is 15.9 Å². The van der Waals surface area contributed by atoms with Crippen LogP contribution in [0.5, 0.6) is 0 Å². The van der Waals surface area contributed by atoms with Gasteiger partial charge in [0, 0.05) is 23.5 Å². The lowest BCUT2D eigenvalue weighted by molar-refractivity contribution is -0.117. The normalized spacial score (nSPS) is 19.2. The van der Waals surface area contributed by atoms with Crippen LogP contribution in [0.2, 0.25) is 0 Å². The Kier molecular flexibility index (Phi) is 3.71. The molecule has 1 heterocycles. The zero-order valence-electron chi connectivity index (χ0n) is 10.3. The third kappa shape index (κ3) is 2.27. The highest BCUT2D eigenvalue weighted by Crippen LogP contribution is 2.29. The number of amides is 1. The molecule has 0 aromatic heterocycles. The van der Waals surface area contributed by atoms with E-state index in [1.54, 1.807) is 17.0 Å². The predicted octanol–water partition coefficient (Wildman–Crippen LogP) is 2.28. The number of benzene rings is 1. The highest BCUT2D eigenvalue weighted by Gasteiger charge is 2.30. The van der Waals surface area contributed by atoms with E-state index in [1.807, 2.05) is 13.0 Å². The molecule has 0 N–H and O–H groups in total. The van der Waals surface area contributed by atoms with E-state index in [0.717, 1.165) is 11.3 Å². The van der Waals surface area contributed by atoms with Crippen LogP contribution in [0.15, 0.2) is 18.2 Å². The van der Waals surface area contributed by atoms with Gasteiger partial charge in [-0.15, -0.1) is 0 Å². The molecule has 1 saturated heterocycles. The first-order valence-electron chi connectivity index (χ1n) is 5.67. The maximum absolute atomic E-state index is 11.9. The zero-order valence-corrected chi connectivity index (χ0v) is 11.9. The van der Waals surface area contributed by atoms with E-state index in [1.165, 1.54) is 7.11 Å². The fourth-order valence-electron chi connectivity index (χ4n) is 2.14. The fraction of sp³-hybridized carbons (Fsp3) is 0.385. The number of methoxy groups -OCH3 is 1. The molecule has 2 rings (SSSR count). The van der Waals surface area contributed by atoms with Crippen molar-refractivity contribution in [2.24, 2.45) is 0 Å². The molecule has 1 amide bonds. The van der Waals surface area contributed by atoms with Crippen LogP contribution < -0.4 is 4.90 Å². The minimum Gasteiger partial charge on any atom is -0.465 e. The van der Waals surface area contributed by atoms with E-state index in [9.17, 15) is 9.59 Å². The van der Waals surface area contributed by atoms with Crippen LogP contribution in [0.4, 0.5) is 5.69 Å². The molecule has 4 nitrogen and oxygen atoms in total. The lowest BCUT2D eigenvalue weighted by atomic mass is 10.1. The van der Waals surface area contributed by atoms with Gasteiger partial charge in [0.2, 0.25) is 5.91 Å². The van der Waals surface area contributed by atoms with Crippen molar-refractivity contribution in [2.75, 3.05) is 18.6 Å². The van der Waals surface area contributed by atoms with E-state index >= 15 is 0 Å². The maximum atomic E-state index is 11.9. The molecule has 0 radical (unpaired) electrons. The van der Waals surface area contributed by atoms with Crippen molar-refractivity contribution in [1.29, 1.82) is 0 Å². The van der Waals surface area contributed by atoms with Gasteiger partial charge < -0.3 is 9.64 Å². The van der Waals surface area contributed by atoms with Gasteiger partial charge in [-0.25, -0.2) is 4.79 Å². The molecule has 0 bridgehead atoms. The lowest BCUT2D eigenvalue weighted by Gasteiger charge is -2.19. The Hall–Kier alpha value is -1.36. The summed E-state index contributed by atoms with van der Waals surface area (Å²) in [5, 5.41) is 0. The molecule has 96 valence electrons. The van der Waals surface area contributed by atoms with Gasteiger partial charge in [-0.2, -0.15) is 0 Å². The Morgan fingerprint density at radius 1 is 1.50 bits per heavy atom. The zero-order chi connectivity index (χ0) is 13.3. The standard InChI is InChI=1S/C13H14BrNO3/c1-8-10(13(17)18-2)4-3-5-11(8)15-7-9(14)6-12(15)16/h3-5,9H,6-7H2,1-2H3. The number of carbonyl (C=O) groups excluding carboxylic acids is 2. The largest absolute Gasteiger partial charge is 0.465 e. The van der Waals surface area contributed by atoms with Crippen LogP contribution in [-0.2, 0) is 9.53 Å². The molecule has 0 saturated carbocycles. The number of esters is 1. The van der Waals surface area contributed by atoms with Gasteiger partial charge in [0.15, 0.2) is 0 Å². The third-order valence-corrected chi connectivity index (χ3v) is 3.69. The Balaban J connectivity index is 2.40. The fourth-order valence-corrected chi connectivity index (χ4v) is 2.71. The van der Waals surface area contributed by atoms with Gasteiger partial charge >= 0.3 is 5.97 Å². The number of carbonyl (C=O) groups is 2. The average molecular weight is 312 g/mol. The van der Waals surface area contributed by atoms with Gasteiger partial charge in [-0.1, -0.05) is 22.0 Å². The summed E-state index contributed by atoms with van der Waals surface area (Å²) in [5.74, 6) is -0.307. The van der Waals surface area contributed by atoms with Gasteiger partial charge in [0.25, 0.3) is 0 Å². The molecule has 1 aliphatic heterocycles. The van der Waals surface area contributed by atoms with Crippen molar-refractivity contribution in [3.8, 4) is 0 Å². The predicted molar refractivity (Wildman–Crippen MR) is 72.2 cm³/mol. The number of nitrogens with zero attached hydrogens (tertiary/aromatic N) is 1. The van der Waals surface area contributed by atoms with Crippen LogP contribution in [0.25, 0.3) is 0 Å². The van der Waals surface area contributed by atoms with E-state index < -0.39 is 0 Å². The van der Waals surface area contributed by atoms with E-state index in [4.69, 9.17) is 4.74 Å². The summed E-state index contributed by atoms with van der Waals surface area (Å²) in [4.78, 5) is 25.4. The molecule has 1 unspecified atom stereocenters. The van der Waals surface area contributed by atoms with Crippen molar-refractivity contribution >= 4 is 33.5 Å². The quantitative estimate of drug-likeness (QED) is 0.622. The number of alkyl halides is 1. The molecule has 1 aromatic carbocycles. The molecule has 1 fully saturated rings. The second-order valence-electron chi connectivity index (χ2n) is 4.25. The Morgan fingerprint density at radius 2 is 2.22 bits per heavy atom. The summed E-state index contributed by atoms with van der Waals surface area (Å²) in [6.45, 7) is 2.46. The Morgan fingerprint density at radius 3 is 2.78 bits per heavy atom. The molecule has 1 aromatic rings. The van der Waals surface area contributed by atoms with Crippen molar-refractivity contribution < 1.29 is 14.3 Å². The summed E-state index contributed by atoms with van der Waals surface area (Å²) >= 11 is 3.45. The van der Waals surface area contributed by atoms with Gasteiger partial charge in [0.05, 0.1) is 12.7 Å². The highest BCUT2D eigenvalue weighted by molar-refractivity contribution is 9.09. The van der Waals surface area contributed by atoms with Crippen LogP contribution in [0, 0.1) is 6.92 Å². The second kappa shape index (κ2) is 5.10. The topological polar surface area (TPSA) is 46.6 Å². The number of hydrogen-bond acceptors (Lipinski definition) is 3. The molecule has 18 heavy (non-hydrogen) atoms. The molecule has 1 atom stereocenters. The number of anilines is 1. The van der Waals surface area contributed by atoms with Crippen LogP contribution in [-0.4, -0.2) is 30.4 Å². The van der Waals surface area contributed by atoms with Crippen molar-refractivity contribution in [1.82, 2.24) is 0 Å². The number of ether oxygens (including phenoxy) is 1. The average Bonchev–Trinajstić information content (AvgIpc) is 2.68. The van der Waals surface area contributed by atoms with E-state index in [0.29, 0.717) is 18.5 Å². The molecular weight excluding hydrogens is 298 g/mol. The van der Waals surface area contributed by atoms with Crippen molar-refractivity contribution in [3.63, 3.8) is 0 Å². The molecule has 0 aliphatic carbocycles. The summed E-state index contributed by atoms with van der Waals surface area (Å²) in [6.07, 6.45) is 0.488. The minimum atomic E-state index is -0.378. The number of halogens is 1. The molecule has 0 spiro atoms. The van der Waals surface area contributed by atoms with Crippen LogP contribution in [0.1, 0.15) is 22.3 Å².